The minimum atomic E-state index is -0.333. The molecule has 1 N–H and O–H groups in total. The lowest BCUT2D eigenvalue weighted by atomic mass is 10.2. The highest BCUT2D eigenvalue weighted by Gasteiger charge is 2.15. The van der Waals surface area contributed by atoms with Crippen molar-refractivity contribution in [3.8, 4) is 11.5 Å². The molecular weight excluding hydrogens is 398 g/mol. The van der Waals surface area contributed by atoms with E-state index in [1.165, 1.54) is 0 Å². The molecule has 8 heteroatoms. The van der Waals surface area contributed by atoms with Crippen LogP contribution in [0.25, 0.3) is 11.1 Å². The van der Waals surface area contributed by atoms with E-state index in [2.05, 4.69) is 15.5 Å². The Morgan fingerprint density at radius 2 is 1.64 bits per heavy atom. The fraction of sp³-hybridized carbons (Fsp3) is 0.150. The van der Waals surface area contributed by atoms with Gasteiger partial charge < -0.3 is 14.8 Å². The van der Waals surface area contributed by atoms with Gasteiger partial charge in [-0.3, -0.25) is 4.79 Å². The molecule has 28 heavy (non-hydrogen) atoms. The number of nitrogens with one attached hydrogen (secondary N) is 1. The van der Waals surface area contributed by atoms with E-state index in [4.69, 9.17) is 21.1 Å². The molecule has 144 valence electrons. The molecular formula is C20H18ClN3O3S. The SMILES string of the molecule is COc1cc(/C=C(\Cl)c2nnc(C(=O)Nc3ccc(C)cc3)s2)cc(OC)c1. The van der Waals surface area contributed by atoms with Crippen LogP contribution in [0, 0.1) is 6.92 Å². The second-order valence-corrected chi connectivity index (χ2v) is 7.26. The summed E-state index contributed by atoms with van der Waals surface area (Å²) in [6.07, 6.45) is 1.72. The molecule has 0 aliphatic carbocycles. The van der Waals surface area contributed by atoms with E-state index in [1.54, 1.807) is 26.4 Å². The first-order chi connectivity index (χ1) is 13.5. The minimum absolute atomic E-state index is 0.227. The number of aryl methyl sites for hydroxylation is 1. The molecule has 0 fully saturated rings. The van der Waals surface area contributed by atoms with Gasteiger partial charge in [0.05, 0.1) is 19.3 Å². The topological polar surface area (TPSA) is 73.3 Å². The number of ether oxygens (including phenoxy) is 2. The maximum atomic E-state index is 12.4. The Labute approximate surface area is 171 Å². The minimum Gasteiger partial charge on any atom is -0.497 e. The molecule has 0 saturated carbocycles. The third-order valence-corrected chi connectivity index (χ3v) is 5.16. The van der Waals surface area contributed by atoms with Crippen LogP contribution in [0.15, 0.2) is 42.5 Å². The number of amides is 1. The highest BCUT2D eigenvalue weighted by molar-refractivity contribution is 7.15. The van der Waals surface area contributed by atoms with Crippen molar-refractivity contribution in [2.75, 3.05) is 19.5 Å². The van der Waals surface area contributed by atoms with Crippen molar-refractivity contribution < 1.29 is 14.3 Å². The molecule has 0 radical (unpaired) electrons. The number of carbonyl (C=O) groups excluding carboxylic acids is 1. The van der Waals surface area contributed by atoms with Gasteiger partial charge in [0.2, 0.25) is 5.01 Å². The van der Waals surface area contributed by atoms with Crippen LogP contribution in [0.5, 0.6) is 11.5 Å². The number of carbonyl (C=O) groups is 1. The number of benzene rings is 2. The van der Waals surface area contributed by atoms with Gasteiger partial charge in [-0.2, -0.15) is 0 Å². The summed E-state index contributed by atoms with van der Waals surface area (Å²) >= 11 is 7.50. The van der Waals surface area contributed by atoms with E-state index in [0.29, 0.717) is 27.2 Å². The Balaban J connectivity index is 1.78. The maximum absolute atomic E-state index is 12.4. The Hall–Kier alpha value is -2.90. The average molecular weight is 416 g/mol. The molecule has 0 spiro atoms. The van der Waals surface area contributed by atoms with E-state index in [9.17, 15) is 4.79 Å². The molecule has 0 atom stereocenters. The summed E-state index contributed by atoms with van der Waals surface area (Å²) in [4.78, 5) is 12.4. The average Bonchev–Trinajstić information content (AvgIpc) is 3.20. The molecule has 3 aromatic rings. The predicted molar refractivity (Wildman–Crippen MR) is 112 cm³/mol. The van der Waals surface area contributed by atoms with Crippen molar-refractivity contribution in [3.05, 3.63) is 63.6 Å². The van der Waals surface area contributed by atoms with Crippen LogP contribution in [0.4, 0.5) is 5.69 Å². The van der Waals surface area contributed by atoms with Crippen molar-refractivity contribution in [3.63, 3.8) is 0 Å². The molecule has 3 rings (SSSR count). The second kappa shape index (κ2) is 8.86. The van der Waals surface area contributed by atoms with Gasteiger partial charge in [0, 0.05) is 11.8 Å². The van der Waals surface area contributed by atoms with Crippen LogP contribution in [-0.4, -0.2) is 30.3 Å². The van der Waals surface area contributed by atoms with E-state index in [0.717, 1.165) is 22.5 Å². The number of halogens is 1. The summed E-state index contributed by atoms with van der Waals surface area (Å²) in [7, 11) is 3.15. The van der Waals surface area contributed by atoms with Crippen LogP contribution in [0.3, 0.4) is 0 Å². The van der Waals surface area contributed by atoms with Gasteiger partial charge in [0.15, 0.2) is 5.01 Å². The Bertz CT molecular complexity index is 994. The number of nitrogens with zero attached hydrogens (tertiary/aromatic N) is 2. The molecule has 0 aliphatic rings. The number of hydrogen-bond acceptors (Lipinski definition) is 6. The Morgan fingerprint density at radius 3 is 2.25 bits per heavy atom. The summed E-state index contributed by atoms with van der Waals surface area (Å²) in [5.41, 5.74) is 2.59. The molecule has 1 heterocycles. The molecule has 6 nitrogen and oxygen atoms in total. The lowest BCUT2D eigenvalue weighted by Gasteiger charge is -2.06. The quantitative estimate of drug-likeness (QED) is 0.622. The van der Waals surface area contributed by atoms with E-state index in [1.807, 2.05) is 43.3 Å². The van der Waals surface area contributed by atoms with Crippen LogP contribution in [0.2, 0.25) is 0 Å². The largest absolute Gasteiger partial charge is 0.497 e. The molecule has 0 bridgehead atoms. The summed E-state index contributed by atoms with van der Waals surface area (Å²) in [6, 6.07) is 12.9. The molecule has 2 aromatic carbocycles. The van der Waals surface area contributed by atoms with Gasteiger partial charge in [0.25, 0.3) is 5.91 Å². The lowest BCUT2D eigenvalue weighted by molar-refractivity contribution is 0.102. The first-order valence-corrected chi connectivity index (χ1v) is 9.50. The molecule has 0 aliphatic heterocycles. The van der Waals surface area contributed by atoms with Gasteiger partial charge in [-0.05, 0) is 42.8 Å². The molecule has 1 amide bonds. The van der Waals surface area contributed by atoms with Gasteiger partial charge in [-0.1, -0.05) is 40.6 Å². The lowest BCUT2D eigenvalue weighted by Crippen LogP contribution is -2.11. The summed E-state index contributed by atoms with van der Waals surface area (Å²) in [5.74, 6) is 0.955. The zero-order chi connectivity index (χ0) is 20.1. The standard InChI is InChI=1S/C20H18ClN3O3S/c1-12-4-6-14(7-5-12)22-18(25)20-24-23-19(28-20)17(21)10-13-8-15(26-2)11-16(9-13)27-3/h4-11H,1-3H3,(H,22,25)/b17-10-. The van der Waals surface area contributed by atoms with E-state index >= 15 is 0 Å². The number of aromatic nitrogens is 2. The summed E-state index contributed by atoms with van der Waals surface area (Å²) in [5, 5.41) is 11.8. The van der Waals surface area contributed by atoms with Crippen LogP contribution < -0.4 is 14.8 Å². The summed E-state index contributed by atoms with van der Waals surface area (Å²) < 4.78 is 10.5. The Kier molecular flexibility index (Phi) is 6.28. The zero-order valence-electron chi connectivity index (χ0n) is 15.5. The highest BCUT2D eigenvalue weighted by atomic mass is 35.5. The third kappa shape index (κ3) is 4.88. The van der Waals surface area contributed by atoms with Crippen LogP contribution >= 0.6 is 22.9 Å². The highest BCUT2D eigenvalue weighted by Crippen LogP contribution is 2.29. The first-order valence-electron chi connectivity index (χ1n) is 8.30. The smallest absolute Gasteiger partial charge is 0.286 e. The van der Waals surface area contributed by atoms with E-state index < -0.39 is 0 Å². The summed E-state index contributed by atoms with van der Waals surface area (Å²) in [6.45, 7) is 1.98. The zero-order valence-corrected chi connectivity index (χ0v) is 17.1. The van der Waals surface area contributed by atoms with Gasteiger partial charge in [-0.25, -0.2) is 0 Å². The monoisotopic (exact) mass is 415 g/mol. The van der Waals surface area contributed by atoms with Crippen molar-refractivity contribution in [2.45, 2.75) is 6.92 Å². The molecule has 1 aromatic heterocycles. The van der Waals surface area contributed by atoms with Crippen molar-refractivity contribution in [2.24, 2.45) is 0 Å². The van der Waals surface area contributed by atoms with Gasteiger partial charge in [-0.15, -0.1) is 10.2 Å². The van der Waals surface area contributed by atoms with Crippen molar-refractivity contribution in [1.82, 2.24) is 10.2 Å². The van der Waals surface area contributed by atoms with Gasteiger partial charge in [0.1, 0.15) is 11.5 Å². The maximum Gasteiger partial charge on any atom is 0.286 e. The van der Waals surface area contributed by atoms with Crippen molar-refractivity contribution >= 4 is 45.6 Å². The fourth-order valence-corrected chi connectivity index (χ4v) is 3.28. The second-order valence-electron chi connectivity index (χ2n) is 5.87. The number of anilines is 1. The fourth-order valence-electron chi connectivity index (χ4n) is 2.35. The van der Waals surface area contributed by atoms with Gasteiger partial charge >= 0.3 is 0 Å². The Morgan fingerprint density at radius 1 is 1.04 bits per heavy atom. The van der Waals surface area contributed by atoms with Crippen LogP contribution in [-0.2, 0) is 0 Å². The van der Waals surface area contributed by atoms with E-state index in [-0.39, 0.29) is 10.9 Å². The number of rotatable bonds is 6. The normalized spacial score (nSPS) is 11.2. The predicted octanol–water partition coefficient (Wildman–Crippen LogP) is 4.85. The third-order valence-electron chi connectivity index (χ3n) is 3.80. The first kappa shape index (κ1) is 19.9. The van der Waals surface area contributed by atoms with Crippen LogP contribution in [0.1, 0.15) is 25.9 Å². The number of methoxy groups -OCH3 is 2. The van der Waals surface area contributed by atoms with Crippen molar-refractivity contribution in [1.29, 1.82) is 0 Å². The molecule has 0 unspecified atom stereocenters. The molecule has 0 saturated heterocycles. The number of hydrogen-bond donors (Lipinski definition) is 1.